The number of hydrogen-bond acceptors (Lipinski definition) is 7. The first-order valence-corrected chi connectivity index (χ1v) is 15.7. The summed E-state index contributed by atoms with van der Waals surface area (Å²) < 4.78 is 0. The van der Waals surface area contributed by atoms with Crippen LogP contribution in [0, 0.1) is 13.8 Å². The Morgan fingerprint density at radius 3 is 1.37 bits per heavy atom. The van der Waals surface area contributed by atoms with Crippen LogP contribution < -0.4 is 19.6 Å². The summed E-state index contributed by atoms with van der Waals surface area (Å²) in [6.07, 6.45) is 5.65. The normalized spacial score (nSPS) is 16.5. The van der Waals surface area contributed by atoms with E-state index in [-0.39, 0.29) is 12.3 Å². The fourth-order valence-corrected chi connectivity index (χ4v) is 6.56. The van der Waals surface area contributed by atoms with Gasteiger partial charge in [-0.2, -0.15) is 0 Å². The van der Waals surface area contributed by atoms with Gasteiger partial charge in [0.1, 0.15) is 12.3 Å². The molecule has 8 rings (SSSR count). The molecule has 2 aromatic heterocycles. The van der Waals surface area contributed by atoms with Gasteiger partial charge in [-0.05, 0) is 87.4 Å². The van der Waals surface area contributed by atoms with Crippen LogP contribution in [-0.4, -0.2) is 27.3 Å². The molecule has 0 saturated carbocycles. The van der Waals surface area contributed by atoms with Crippen molar-refractivity contribution >= 4 is 45.9 Å². The summed E-state index contributed by atoms with van der Waals surface area (Å²) in [6.45, 7) is 8.69. The van der Waals surface area contributed by atoms with E-state index >= 15 is 0 Å². The number of hydrogen-bond donors (Lipinski definition) is 0. The Balaban J connectivity index is 0.000000147. The molecule has 7 heteroatoms. The molecule has 0 saturated heterocycles. The number of aromatic nitrogens is 3. The first-order valence-electron chi connectivity index (χ1n) is 15.7. The molecular weight excluding hydrogens is 566 g/mol. The van der Waals surface area contributed by atoms with E-state index in [1.807, 2.05) is 24.4 Å². The average Bonchev–Trinajstić information content (AvgIpc) is 3.56. The fraction of sp³-hybridized carbons (Fsp3) is 0.154. The minimum absolute atomic E-state index is 0.107. The highest BCUT2D eigenvalue weighted by atomic mass is 15.5. The van der Waals surface area contributed by atoms with Gasteiger partial charge in [0.25, 0.3) is 0 Å². The van der Waals surface area contributed by atoms with Crippen molar-refractivity contribution < 1.29 is 0 Å². The molecule has 0 N–H and O–H groups in total. The number of fused-ring (bicyclic) bond motifs is 2. The SMILES string of the molecule is Cc1ccccc1N1c2cccnc2N(c2ccccc2)C1C.Cc1ccccc1N1c2nccnc2N(c2ccccc2)C1C. The van der Waals surface area contributed by atoms with Gasteiger partial charge in [0.05, 0.1) is 5.69 Å². The molecule has 2 unspecified atom stereocenters. The Labute approximate surface area is 271 Å². The average molecular weight is 604 g/mol. The van der Waals surface area contributed by atoms with Crippen molar-refractivity contribution in [2.75, 3.05) is 19.6 Å². The van der Waals surface area contributed by atoms with Crippen LogP contribution in [0.25, 0.3) is 0 Å². The molecule has 4 heterocycles. The van der Waals surface area contributed by atoms with E-state index in [0.717, 1.165) is 34.5 Å². The maximum atomic E-state index is 4.66. The van der Waals surface area contributed by atoms with E-state index in [0.29, 0.717) is 0 Å². The van der Waals surface area contributed by atoms with Gasteiger partial charge >= 0.3 is 0 Å². The molecule has 228 valence electrons. The zero-order valence-electron chi connectivity index (χ0n) is 26.6. The number of nitrogens with zero attached hydrogens (tertiary/aromatic N) is 7. The second kappa shape index (κ2) is 12.4. The molecule has 0 aliphatic carbocycles. The fourth-order valence-electron chi connectivity index (χ4n) is 6.56. The second-order valence-electron chi connectivity index (χ2n) is 11.5. The molecule has 2 aliphatic rings. The lowest BCUT2D eigenvalue weighted by molar-refractivity contribution is 0.752. The maximum absolute atomic E-state index is 4.66. The van der Waals surface area contributed by atoms with Crippen LogP contribution in [0.3, 0.4) is 0 Å². The molecule has 0 spiro atoms. The monoisotopic (exact) mass is 603 g/mol. The van der Waals surface area contributed by atoms with Crippen LogP contribution >= 0.6 is 0 Å². The number of aryl methyl sites for hydroxylation is 2. The standard InChI is InChI=1S/C20H19N3.C19H18N4/c1-15-9-6-7-12-18(15)23-16(2)22(17-10-4-3-5-11-17)20-19(23)13-8-14-21-20;1-14-8-6-7-11-17(14)23-15(2)22(16-9-4-3-5-10-16)18-19(23)21-13-12-20-18/h3-14,16H,1-2H3;3-13,15H,1-2H3. The van der Waals surface area contributed by atoms with Crippen molar-refractivity contribution in [2.24, 2.45) is 0 Å². The van der Waals surface area contributed by atoms with Gasteiger partial charge < -0.3 is 19.6 Å². The predicted molar refractivity (Wildman–Crippen MR) is 189 cm³/mol. The van der Waals surface area contributed by atoms with E-state index in [1.54, 1.807) is 12.4 Å². The van der Waals surface area contributed by atoms with Crippen LogP contribution in [0.4, 0.5) is 45.9 Å². The molecule has 4 aromatic carbocycles. The molecule has 0 fully saturated rings. The van der Waals surface area contributed by atoms with Crippen molar-refractivity contribution in [3.8, 4) is 0 Å². The highest BCUT2D eigenvalue weighted by Gasteiger charge is 2.38. The molecule has 2 aliphatic heterocycles. The lowest BCUT2D eigenvalue weighted by Gasteiger charge is -2.30. The Bertz CT molecular complexity index is 1800. The van der Waals surface area contributed by atoms with Crippen molar-refractivity contribution in [3.05, 3.63) is 151 Å². The summed E-state index contributed by atoms with van der Waals surface area (Å²) >= 11 is 0. The van der Waals surface area contributed by atoms with Crippen molar-refractivity contribution in [2.45, 2.75) is 40.0 Å². The first-order chi connectivity index (χ1) is 22.5. The summed E-state index contributed by atoms with van der Waals surface area (Å²) in [5.41, 5.74) is 8.33. The molecule has 6 aromatic rings. The molecule has 2 atom stereocenters. The third-order valence-corrected chi connectivity index (χ3v) is 8.68. The summed E-state index contributed by atoms with van der Waals surface area (Å²) in [4.78, 5) is 23.0. The molecule has 0 radical (unpaired) electrons. The largest absolute Gasteiger partial charge is 0.317 e. The van der Waals surface area contributed by atoms with Gasteiger partial charge in [-0.3, -0.25) is 0 Å². The van der Waals surface area contributed by atoms with Crippen LogP contribution in [0.2, 0.25) is 0 Å². The predicted octanol–water partition coefficient (Wildman–Crippen LogP) is 9.45. The summed E-state index contributed by atoms with van der Waals surface area (Å²) in [6, 6.07) is 41.9. The Morgan fingerprint density at radius 2 is 0.804 bits per heavy atom. The first kappa shape index (κ1) is 29.0. The topological polar surface area (TPSA) is 51.6 Å². The Kier molecular flexibility index (Phi) is 7.81. The van der Waals surface area contributed by atoms with E-state index < -0.39 is 0 Å². The minimum Gasteiger partial charge on any atom is -0.317 e. The van der Waals surface area contributed by atoms with Gasteiger partial charge in [-0.15, -0.1) is 0 Å². The third-order valence-electron chi connectivity index (χ3n) is 8.68. The smallest absolute Gasteiger partial charge is 0.178 e. The Morgan fingerprint density at radius 1 is 0.391 bits per heavy atom. The summed E-state index contributed by atoms with van der Waals surface area (Å²) in [7, 11) is 0. The molecule has 46 heavy (non-hydrogen) atoms. The summed E-state index contributed by atoms with van der Waals surface area (Å²) in [5.74, 6) is 2.81. The third kappa shape index (κ3) is 5.09. The van der Waals surface area contributed by atoms with E-state index in [2.05, 4.69) is 165 Å². The van der Waals surface area contributed by atoms with Gasteiger partial charge in [0.2, 0.25) is 0 Å². The summed E-state index contributed by atoms with van der Waals surface area (Å²) in [5, 5.41) is 0. The zero-order valence-corrected chi connectivity index (χ0v) is 26.6. The van der Waals surface area contributed by atoms with Gasteiger partial charge in [-0.1, -0.05) is 72.8 Å². The van der Waals surface area contributed by atoms with Crippen molar-refractivity contribution in [3.63, 3.8) is 0 Å². The quantitative estimate of drug-likeness (QED) is 0.199. The molecule has 0 amide bonds. The molecule has 0 bridgehead atoms. The number of rotatable bonds is 4. The van der Waals surface area contributed by atoms with Gasteiger partial charge in [-0.25, -0.2) is 15.0 Å². The molecule has 7 nitrogen and oxygen atoms in total. The minimum atomic E-state index is 0.107. The van der Waals surface area contributed by atoms with E-state index in [1.165, 1.54) is 22.5 Å². The Hall–Kier alpha value is -5.69. The number of benzene rings is 4. The van der Waals surface area contributed by atoms with E-state index in [4.69, 9.17) is 0 Å². The maximum Gasteiger partial charge on any atom is 0.178 e. The van der Waals surface area contributed by atoms with Crippen molar-refractivity contribution in [1.82, 2.24) is 15.0 Å². The van der Waals surface area contributed by atoms with Crippen molar-refractivity contribution in [1.29, 1.82) is 0 Å². The number of anilines is 8. The molecular formula is C39H37N7. The van der Waals surface area contributed by atoms with Crippen LogP contribution in [0.15, 0.2) is 140 Å². The van der Waals surface area contributed by atoms with Crippen LogP contribution in [-0.2, 0) is 0 Å². The highest BCUT2D eigenvalue weighted by Crippen LogP contribution is 2.47. The second-order valence-corrected chi connectivity index (χ2v) is 11.5. The lowest BCUT2D eigenvalue weighted by Crippen LogP contribution is -2.35. The highest BCUT2D eigenvalue weighted by molar-refractivity contribution is 5.86. The van der Waals surface area contributed by atoms with Crippen LogP contribution in [0.5, 0.6) is 0 Å². The van der Waals surface area contributed by atoms with Crippen LogP contribution in [0.1, 0.15) is 25.0 Å². The number of para-hydroxylation sites is 4. The van der Waals surface area contributed by atoms with E-state index in [9.17, 15) is 0 Å². The number of pyridine rings is 1. The van der Waals surface area contributed by atoms with Gasteiger partial charge in [0, 0.05) is 41.3 Å². The lowest BCUT2D eigenvalue weighted by atomic mass is 10.1. The van der Waals surface area contributed by atoms with Gasteiger partial charge in [0.15, 0.2) is 17.5 Å². The zero-order chi connectivity index (χ0) is 31.6.